The van der Waals surface area contributed by atoms with Gasteiger partial charge in [-0.15, -0.1) is 0 Å². The number of benzene rings is 1. The van der Waals surface area contributed by atoms with Gasteiger partial charge in [-0.2, -0.15) is 0 Å². The van der Waals surface area contributed by atoms with E-state index in [1.807, 2.05) is 0 Å². The number of nitrogens with zero attached hydrogens (tertiary/aromatic N) is 1. The van der Waals surface area contributed by atoms with Gasteiger partial charge in [0.1, 0.15) is 0 Å². The molecular weight excluding hydrogens is 378 g/mol. The first-order chi connectivity index (χ1) is 12.9. The van der Waals surface area contributed by atoms with Crippen molar-refractivity contribution in [3.63, 3.8) is 0 Å². The zero-order chi connectivity index (χ0) is 19.6. The molecule has 2 aromatic heterocycles. The molecule has 3 rings (SSSR count). The van der Waals surface area contributed by atoms with Gasteiger partial charge in [-0.25, -0.2) is 0 Å². The molecule has 0 bridgehead atoms. The Labute approximate surface area is 153 Å². The standard InChI is InChI=1S/C15H11N5O6S/c21-10(6-16-14(23)9-4-5-11(27-9)20(25)26)17-8-3-1-2-7-12(8)15(24)19-18-13(7)22/h1-5H,6H2,(H,16,23)(H,17,21)(H,18,22)(H,19,24). The Bertz CT molecular complexity index is 1180. The average molecular weight is 389 g/mol. The third-order valence-electron chi connectivity index (χ3n) is 3.50. The van der Waals surface area contributed by atoms with Crippen LogP contribution in [0.3, 0.4) is 0 Å². The summed E-state index contributed by atoms with van der Waals surface area (Å²) >= 11 is 0.684. The second-order valence-electron chi connectivity index (χ2n) is 5.26. The van der Waals surface area contributed by atoms with Crippen LogP contribution in [0.2, 0.25) is 0 Å². The normalized spacial score (nSPS) is 10.5. The summed E-state index contributed by atoms with van der Waals surface area (Å²) < 4.78 is 0. The number of aromatic amines is 2. The molecule has 138 valence electrons. The summed E-state index contributed by atoms with van der Waals surface area (Å²) in [6.07, 6.45) is 0. The number of thiophene rings is 1. The topological polar surface area (TPSA) is 167 Å². The van der Waals surface area contributed by atoms with E-state index in [2.05, 4.69) is 20.8 Å². The first kappa shape index (κ1) is 18.0. The number of amides is 2. The van der Waals surface area contributed by atoms with Crippen molar-refractivity contribution in [2.24, 2.45) is 0 Å². The fourth-order valence-corrected chi connectivity index (χ4v) is 3.06. The number of hydrogen-bond acceptors (Lipinski definition) is 7. The molecule has 0 radical (unpaired) electrons. The lowest BCUT2D eigenvalue weighted by Crippen LogP contribution is -2.32. The van der Waals surface area contributed by atoms with Crippen LogP contribution in [0.25, 0.3) is 10.8 Å². The van der Waals surface area contributed by atoms with E-state index in [1.165, 1.54) is 30.3 Å². The number of fused-ring (bicyclic) bond motifs is 1. The van der Waals surface area contributed by atoms with Gasteiger partial charge in [0.05, 0.1) is 32.8 Å². The monoisotopic (exact) mass is 389 g/mol. The van der Waals surface area contributed by atoms with Gasteiger partial charge in [0, 0.05) is 6.07 Å². The van der Waals surface area contributed by atoms with Crippen LogP contribution in [0.15, 0.2) is 39.9 Å². The van der Waals surface area contributed by atoms with Gasteiger partial charge in [-0.1, -0.05) is 17.4 Å². The Morgan fingerprint density at radius 2 is 1.85 bits per heavy atom. The molecule has 1 aromatic carbocycles. The summed E-state index contributed by atoms with van der Waals surface area (Å²) in [6, 6.07) is 6.85. The number of carbonyl (C=O) groups excluding carboxylic acids is 2. The number of nitro groups is 1. The summed E-state index contributed by atoms with van der Waals surface area (Å²) in [4.78, 5) is 57.8. The number of H-pyrrole nitrogens is 2. The van der Waals surface area contributed by atoms with Gasteiger partial charge in [-0.3, -0.25) is 39.5 Å². The zero-order valence-electron chi connectivity index (χ0n) is 13.4. The van der Waals surface area contributed by atoms with Gasteiger partial charge in [0.2, 0.25) is 5.91 Å². The first-order valence-corrected chi connectivity index (χ1v) is 8.24. The average Bonchev–Trinajstić information content (AvgIpc) is 3.13. The Kier molecular flexibility index (Phi) is 4.81. The van der Waals surface area contributed by atoms with Crippen molar-refractivity contribution in [2.75, 3.05) is 11.9 Å². The van der Waals surface area contributed by atoms with Crippen LogP contribution in [0.5, 0.6) is 0 Å². The molecule has 4 N–H and O–H groups in total. The number of hydrogen-bond donors (Lipinski definition) is 4. The van der Waals surface area contributed by atoms with Crippen molar-refractivity contribution in [1.29, 1.82) is 0 Å². The molecule has 11 nitrogen and oxygen atoms in total. The van der Waals surface area contributed by atoms with Gasteiger partial charge in [0.15, 0.2) is 0 Å². The largest absolute Gasteiger partial charge is 0.342 e. The minimum atomic E-state index is -0.643. The predicted molar refractivity (Wildman–Crippen MR) is 97.1 cm³/mol. The highest BCUT2D eigenvalue weighted by molar-refractivity contribution is 7.17. The maximum Gasteiger partial charge on any atom is 0.324 e. The molecule has 0 aliphatic heterocycles. The van der Waals surface area contributed by atoms with Crippen LogP contribution < -0.4 is 21.8 Å². The highest BCUT2D eigenvalue weighted by atomic mass is 32.1. The zero-order valence-corrected chi connectivity index (χ0v) is 14.2. The third kappa shape index (κ3) is 3.74. The number of nitrogens with one attached hydrogen (secondary N) is 4. The molecule has 0 fully saturated rings. The van der Waals surface area contributed by atoms with Crippen LogP contribution in [-0.2, 0) is 4.79 Å². The maximum absolute atomic E-state index is 12.1. The summed E-state index contributed by atoms with van der Waals surface area (Å²) in [5, 5.41) is 19.7. The Balaban J connectivity index is 1.71. The Hall–Kier alpha value is -3.80. The maximum atomic E-state index is 12.1. The van der Waals surface area contributed by atoms with E-state index in [1.54, 1.807) is 0 Å². The number of anilines is 1. The van der Waals surface area contributed by atoms with Crippen molar-refractivity contribution in [3.8, 4) is 0 Å². The van der Waals surface area contributed by atoms with E-state index in [0.717, 1.165) is 0 Å². The summed E-state index contributed by atoms with van der Waals surface area (Å²) in [6.45, 7) is -0.429. The van der Waals surface area contributed by atoms with Crippen LogP contribution >= 0.6 is 11.3 Å². The van der Waals surface area contributed by atoms with Crippen LogP contribution in [0.4, 0.5) is 10.7 Å². The van der Waals surface area contributed by atoms with Gasteiger partial charge in [0.25, 0.3) is 17.0 Å². The van der Waals surface area contributed by atoms with Crippen molar-refractivity contribution in [3.05, 3.63) is 66.0 Å². The molecule has 12 heteroatoms. The van der Waals surface area contributed by atoms with Gasteiger partial charge >= 0.3 is 5.00 Å². The SMILES string of the molecule is O=C(CNC(=O)c1ccc([N+](=O)[O-])s1)Nc1cccc2c(=O)[nH][nH]c(=O)c12. The van der Waals surface area contributed by atoms with Crippen LogP contribution in [0, 0.1) is 10.1 Å². The molecule has 3 aromatic rings. The molecule has 0 aliphatic rings. The van der Waals surface area contributed by atoms with E-state index >= 15 is 0 Å². The second-order valence-corrected chi connectivity index (χ2v) is 6.32. The molecular formula is C15H11N5O6S. The van der Waals surface area contributed by atoms with E-state index in [0.29, 0.717) is 11.3 Å². The molecule has 0 saturated heterocycles. The first-order valence-electron chi connectivity index (χ1n) is 7.43. The number of carbonyl (C=O) groups is 2. The molecule has 27 heavy (non-hydrogen) atoms. The van der Waals surface area contributed by atoms with Crippen LogP contribution in [0.1, 0.15) is 9.67 Å². The smallest absolute Gasteiger partial charge is 0.324 e. The second kappa shape index (κ2) is 7.21. The van der Waals surface area contributed by atoms with Gasteiger partial charge < -0.3 is 10.6 Å². The Morgan fingerprint density at radius 1 is 1.11 bits per heavy atom. The van der Waals surface area contributed by atoms with Crippen LogP contribution in [-0.4, -0.2) is 33.5 Å². The molecule has 0 saturated carbocycles. The lowest BCUT2D eigenvalue weighted by atomic mass is 10.1. The summed E-state index contributed by atoms with van der Waals surface area (Å²) in [5.41, 5.74) is -0.991. The molecule has 2 heterocycles. The lowest BCUT2D eigenvalue weighted by molar-refractivity contribution is -0.380. The van der Waals surface area contributed by atoms with E-state index in [4.69, 9.17) is 0 Å². The quantitative estimate of drug-likeness (QED) is 0.367. The predicted octanol–water partition coefficient (Wildman–Crippen LogP) is 0.555. The highest BCUT2D eigenvalue weighted by Gasteiger charge is 2.16. The highest BCUT2D eigenvalue weighted by Crippen LogP contribution is 2.23. The lowest BCUT2D eigenvalue weighted by Gasteiger charge is -2.08. The van der Waals surface area contributed by atoms with Crippen molar-refractivity contribution >= 4 is 44.6 Å². The fraction of sp³-hybridized carbons (Fsp3) is 0.0667. The number of rotatable bonds is 5. The summed E-state index contributed by atoms with van der Waals surface area (Å²) in [5.74, 6) is -1.28. The fourth-order valence-electron chi connectivity index (χ4n) is 2.32. The minimum absolute atomic E-state index is 0.00908. The Morgan fingerprint density at radius 3 is 2.56 bits per heavy atom. The third-order valence-corrected chi connectivity index (χ3v) is 4.54. The molecule has 2 amide bonds. The minimum Gasteiger partial charge on any atom is -0.342 e. The van der Waals surface area contributed by atoms with Crippen molar-refractivity contribution in [1.82, 2.24) is 15.5 Å². The number of aromatic nitrogens is 2. The van der Waals surface area contributed by atoms with Gasteiger partial charge in [-0.05, 0) is 18.2 Å². The van der Waals surface area contributed by atoms with E-state index in [-0.39, 0.29) is 26.3 Å². The van der Waals surface area contributed by atoms with Crippen molar-refractivity contribution < 1.29 is 14.5 Å². The van der Waals surface area contributed by atoms with E-state index in [9.17, 15) is 29.3 Å². The molecule has 0 aliphatic carbocycles. The van der Waals surface area contributed by atoms with Crippen molar-refractivity contribution in [2.45, 2.75) is 0 Å². The molecule has 0 atom stereocenters. The molecule has 0 unspecified atom stereocenters. The molecule has 0 spiro atoms. The van der Waals surface area contributed by atoms with E-state index < -0.39 is 34.4 Å². The summed E-state index contributed by atoms with van der Waals surface area (Å²) in [7, 11) is 0.